The Morgan fingerprint density at radius 3 is 3.00 bits per heavy atom. The number of aromatic nitrogens is 3. The van der Waals surface area contributed by atoms with Crippen molar-refractivity contribution in [1.82, 2.24) is 14.8 Å². The van der Waals surface area contributed by atoms with Gasteiger partial charge in [-0.25, -0.2) is 5.10 Å². The molecule has 0 radical (unpaired) electrons. The molecule has 2 aromatic rings. The number of anilines is 1. The van der Waals surface area contributed by atoms with Crippen LogP contribution >= 0.6 is 23.6 Å². The van der Waals surface area contributed by atoms with Gasteiger partial charge in [-0.05, 0) is 36.5 Å². The number of H-pyrrole nitrogens is 1. The highest BCUT2D eigenvalue weighted by Crippen LogP contribution is 2.32. The smallest absolute Gasteiger partial charge is 0.226 e. The first kappa shape index (κ1) is 12.9. The zero-order valence-electron chi connectivity index (χ0n) is 11.0. The zero-order valence-corrected chi connectivity index (χ0v) is 12.6. The van der Waals surface area contributed by atoms with Crippen LogP contribution in [0.4, 0.5) is 5.95 Å². The summed E-state index contributed by atoms with van der Waals surface area (Å²) in [6.45, 7) is 0.879. The van der Waals surface area contributed by atoms with E-state index in [4.69, 9.17) is 12.2 Å². The lowest BCUT2D eigenvalue weighted by molar-refractivity contribution is 0.509. The molecule has 3 rings (SSSR count). The van der Waals surface area contributed by atoms with Crippen LogP contribution in [-0.4, -0.2) is 21.8 Å². The topological polar surface area (TPSA) is 36.9 Å². The summed E-state index contributed by atoms with van der Waals surface area (Å²) in [7, 11) is 2.08. The van der Waals surface area contributed by atoms with Crippen molar-refractivity contribution >= 4 is 29.5 Å². The molecule has 1 fully saturated rings. The van der Waals surface area contributed by atoms with Gasteiger partial charge in [0.25, 0.3) is 0 Å². The maximum Gasteiger partial charge on any atom is 0.226 e. The van der Waals surface area contributed by atoms with Crippen molar-refractivity contribution in [3.63, 3.8) is 0 Å². The minimum absolute atomic E-state index is 0.520. The van der Waals surface area contributed by atoms with E-state index < -0.39 is 0 Å². The Labute approximate surface area is 122 Å². The normalized spacial score (nSPS) is 16.1. The van der Waals surface area contributed by atoms with Crippen LogP contribution in [0.25, 0.3) is 0 Å². The van der Waals surface area contributed by atoms with Crippen molar-refractivity contribution < 1.29 is 0 Å². The second kappa shape index (κ2) is 5.46. The van der Waals surface area contributed by atoms with Crippen molar-refractivity contribution in [3.8, 4) is 0 Å². The van der Waals surface area contributed by atoms with Crippen molar-refractivity contribution in [2.75, 3.05) is 11.9 Å². The molecule has 0 unspecified atom stereocenters. The van der Waals surface area contributed by atoms with Crippen LogP contribution in [0.5, 0.6) is 0 Å². The van der Waals surface area contributed by atoms with E-state index >= 15 is 0 Å². The summed E-state index contributed by atoms with van der Waals surface area (Å²) in [6, 6.07) is 4.76. The van der Waals surface area contributed by atoms with Crippen molar-refractivity contribution in [1.29, 1.82) is 0 Å². The minimum Gasteiger partial charge on any atom is -0.339 e. The molecule has 1 saturated carbocycles. The predicted molar refractivity (Wildman–Crippen MR) is 81.3 cm³/mol. The van der Waals surface area contributed by atoms with Crippen LogP contribution in [0.1, 0.15) is 36.6 Å². The molecule has 0 saturated heterocycles. The van der Waals surface area contributed by atoms with Crippen LogP contribution in [0.2, 0.25) is 0 Å². The summed E-state index contributed by atoms with van der Waals surface area (Å²) in [4.78, 5) is 3.52. The number of hydrogen-bond acceptors (Lipinski definition) is 4. The molecular weight excluding hydrogens is 276 g/mol. The van der Waals surface area contributed by atoms with Crippen molar-refractivity contribution in [3.05, 3.63) is 27.2 Å². The second-order valence-corrected chi connectivity index (χ2v) is 6.49. The van der Waals surface area contributed by atoms with Crippen LogP contribution in [0.15, 0.2) is 17.5 Å². The van der Waals surface area contributed by atoms with Crippen LogP contribution < -0.4 is 4.90 Å². The van der Waals surface area contributed by atoms with Crippen molar-refractivity contribution in [2.45, 2.75) is 38.3 Å². The minimum atomic E-state index is 0.520. The van der Waals surface area contributed by atoms with Gasteiger partial charge in [0.05, 0.1) is 6.54 Å². The number of nitrogens with one attached hydrogen (secondary N) is 1. The Hall–Kier alpha value is -1.14. The largest absolute Gasteiger partial charge is 0.339 e. The fraction of sp³-hybridized carbons (Fsp3) is 0.538. The molecule has 1 aliphatic rings. The first-order chi connectivity index (χ1) is 9.25. The van der Waals surface area contributed by atoms with Gasteiger partial charge in [0, 0.05) is 18.0 Å². The van der Waals surface area contributed by atoms with E-state index in [0.717, 1.165) is 17.3 Å². The highest BCUT2D eigenvalue weighted by atomic mass is 32.1. The SMILES string of the molecule is CN(Cc1cccs1)c1n[nH]c(=S)n1C1CCCC1. The first-order valence-corrected chi connectivity index (χ1v) is 7.95. The Morgan fingerprint density at radius 2 is 2.32 bits per heavy atom. The van der Waals surface area contributed by atoms with Gasteiger partial charge in [-0.3, -0.25) is 4.57 Å². The van der Waals surface area contributed by atoms with Crippen LogP contribution in [0, 0.1) is 4.77 Å². The average Bonchev–Trinajstić information content (AvgIpc) is 3.08. The molecule has 1 N–H and O–H groups in total. The van der Waals surface area contributed by atoms with Gasteiger partial charge in [0.1, 0.15) is 0 Å². The highest BCUT2D eigenvalue weighted by Gasteiger charge is 2.22. The third-order valence-corrected chi connectivity index (χ3v) is 4.84. The monoisotopic (exact) mass is 294 g/mol. The molecule has 1 aliphatic carbocycles. The standard InChI is InChI=1S/C13H18N4S2/c1-16(9-11-7-4-8-19-11)12-14-15-13(18)17(12)10-5-2-3-6-10/h4,7-8,10H,2-3,5-6,9H2,1H3,(H,15,18). The van der Waals surface area contributed by atoms with Gasteiger partial charge >= 0.3 is 0 Å². The summed E-state index contributed by atoms with van der Waals surface area (Å²) in [5, 5.41) is 9.48. The quantitative estimate of drug-likeness (QED) is 0.872. The number of rotatable bonds is 4. The lowest BCUT2D eigenvalue weighted by atomic mass is 10.2. The summed E-state index contributed by atoms with van der Waals surface area (Å²) >= 11 is 7.17. The summed E-state index contributed by atoms with van der Waals surface area (Å²) < 4.78 is 2.95. The Bertz CT molecular complexity index is 578. The van der Waals surface area contributed by atoms with E-state index in [1.165, 1.54) is 30.6 Å². The van der Waals surface area contributed by atoms with E-state index in [2.05, 4.69) is 44.2 Å². The molecule has 6 heteroatoms. The Kier molecular flexibility index (Phi) is 3.70. The van der Waals surface area contributed by atoms with Gasteiger partial charge in [-0.15, -0.1) is 16.4 Å². The molecule has 4 nitrogen and oxygen atoms in total. The molecule has 0 aliphatic heterocycles. The predicted octanol–water partition coefficient (Wildman–Crippen LogP) is 3.75. The molecule has 0 spiro atoms. The van der Waals surface area contributed by atoms with Crippen LogP contribution in [-0.2, 0) is 6.54 Å². The molecule has 19 heavy (non-hydrogen) atoms. The molecule has 2 aromatic heterocycles. The third kappa shape index (κ3) is 2.60. The lowest BCUT2D eigenvalue weighted by Gasteiger charge is -2.21. The van der Waals surface area contributed by atoms with Crippen molar-refractivity contribution in [2.24, 2.45) is 0 Å². The number of nitrogens with zero attached hydrogens (tertiary/aromatic N) is 3. The summed E-state index contributed by atoms with van der Waals surface area (Å²) in [6.07, 6.45) is 5.03. The molecule has 0 atom stereocenters. The van der Waals surface area contributed by atoms with Gasteiger partial charge in [0.15, 0.2) is 4.77 Å². The Balaban J connectivity index is 1.85. The van der Waals surface area contributed by atoms with Gasteiger partial charge in [-0.1, -0.05) is 18.9 Å². The number of hydrogen-bond donors (Lipinski definition) is 1. The van der Waals surface area contributed by atoms with E-state index in [1.54, 1.807) is 11.3 Å². The second-order valence-electron chi connectivity index (χ2n) is 5.07. The van der Waals surface area contributed by atoms with E-state index in [1.807, 2.05) is 0 Å². The van der Waals surface area contributed by atoms with E-state index in [9.17, 15) is 0 Å². The van der Waals surface area contributed by atoms with E-state index in [-0.39, 0.29) is 0 Å². The highest BCUT2D eigenvalue weighted by molar-refractivity contribution is 7.71. The Morgan fingerprint density at radius 1 is 1.53 bits per heavy atom. The van der Waals surface area contributed by atoms with Crippen LogP contribution in [0.3, 0.4) is 0 Å². The van der Waals surface area contributed by atoms with Gasteiger partial charge in [-0.2, -0.15) is 0 Å². The van der Waals surface area contributed by atoms with Gasteiger partial charge < -0.3 is 4.90 Å². The number of thiophene rings is 1. The third-order valence-electron chi connectivity index (χ3n) is 3.69. The van der Waals surface area contributed by atoms with Gasteiger partial charge in [0.2, 0.25) is 5.95 Å². The lowest BCUT2D eigenvalue weighted by Crippen LogP contribution is -2.22. The molecule has 0 aromatic carbocycles. The summed E-state index contributed by atoms with van der Waals surface area (Å²) in [5.74, 6) is 0.963. The molecular formula is C13H18N4S2. The fourth-order valence-corrected chi connectivity index (χ4v) is 3.80. The molecule has 0 amide bonds. The fourth-order valence-electron chi connectivity index (χ4n) is 2.76. The maximum atomic E-state index is 5.40. The first-order valence-electron chi connectivity index (χ1n) is 6.66. The summed E-state index contributed by atoms with van der Waals surface area (Å²) in [5.41, 5.74) is 0. The average molecular weight is 294 g/mol. The maximum absolute atomic E-state index is 5.40. The molecule has 2 heterocycles. The molecule has 102 valence electrons. The van der Waals surface area contributed by atoms with E-state index in [0.29, 0.717) is 6.04 Å². The molecule has 0 bridgehead atoms. The zero-order chi connectivity index (χ0) is 13.2. The number of aromatic amines is 1.